The van der Waals surface area contributed by atoms with Crippen molar-refractivity contribution in [3.05, 3.63) is 71.8 Å². The first-order valence-electron chi connectivity index (χ1n) is 8.11. The summed E-state index contributed by atoms with van der Waals surface area (Å²) in [6.07, 6.45) is -1.95. The summed E-state index contributed by atoms with van der Waals surface area (Å²) >= 11 is 0. The van der Waals surface area contributed by atoms with Crippen LogP contribution < -0.4 is 5.32 Å². The van der Waals surface area contributed by atoms with Crippen molar-refractivity contribution in [3.63, 3.8) is 0 Å². The predicted octanol–water partition coefficient (Wildman–Crippen LogP) is 4.00. The number of hydrogen-bond acceptors (Lipinski definition) is 4. The number of ether oxygens (including phenoxy) is 2. The molecule has 0 heterocycles. The molecule has 1 unspecified atom stereocenters. The van der Waals surface area contributed by atoms with Gasteiger partial charge in [0.25, 0.3) is 5.91 Å². The van der Waals surface area contributed by atoms with Crippen LogP contribution >= 0.6 is 0 Å². The molecule has 0 aliphatic carbocycles. The summed E-state index contributed by atoms with van der Waals surface area (Å²) in [5, 5.41) is 2.79. The molecule has 0 aromatic heterocycles. The van der Waals surface area contributed by atoms with Gasteiger partial charge in [-0.15, -0.1) is 0 Å². The van der Waals surface area contributed by atoms with Crippen LogP contribution in [0.15, 0.2) is 60.7 Å². The molecule has 0 aliphatic heterocycles. The molecule has 0 radical (unpaired) electrons. The maximum Gasteiger partial charge on any atom is 0.509 e. The molecule has 0 aliphatic rings. The van der Waals surface area contributed by atoms with E-state index in [2.05, 4.69) is 5.32 Å². The largest absolute Gasteiger partial charge is 0.509 e. The molecule has 0 fully saturated rings. The van der Waals surface area contributed by atoms with E-state index in [4.69, 9.17) is 9.47 Å². The minimum absolute atomic E-state index is 0.348. The molecule has 2 aromatic rings. The molecular formula is C20H23NO4. The Bertz CT molecular complexity index is 693. The molecule has 2 rings (SSSR count). The Morgan fingerprint density at radius 1 is 0.960 bits per heavy atom. The third-order valence-corrected chi connectivity index (χ3v) is 3.25. The van der Waals surface area contributed by atoms with E-state index in [0.717, 1.165) is 5.56 Å². The van der Waals surface area contributed by atoms with E-state index in [1.807, 2.05) is 36.4 Å². The lowest BCUT2D eigenvalue weighted by Gasteiger charge is -2.22. The van der Waals surface area contributed by atoms with E-state index in [9.17, 15) is 9.59 Å². The topological polar surface area (TPSA) is 64.6 Å². The van der Waals surface area contributed by atoms with Crippen molar-refractivity contribution < 1.29 is 19.1 Å². The Labute approximate surface area is 148 Å². The Kier molecular flexibility index (Phi) is 6.17. The SMILES string of the molecule is CC(C)(C)OC(=O)OC(C(=O)NCc1ccccc1)c1ccccc1. The van der Waals surface area contributed by atoms with Crippen LogP contribution in [0, 0.1) is 0 Å². The smallest absolute Gasteiger partial charge is 0.429 e. The van der Waals surface area contributed by atoms with Crippen LogP contribution in [0.5, 0.6) is 0 Å². The van der Waals surface area contributed by atoms with Crippen LogP contribution in [0.2, 0.25) is 0 Å². The second kappa shape index (κ2) is 8.33. The first-order valence-corrected chi connectivity index (χ1v) is 8.11. The van der Waals surface area contributed by atoms with Gasteiger partial charge in [-0.25, -0.2) is 4.79 Å². The van der Waals surface area contributed by atoms with Gasteiger partial charge < -0.3 is 14.8 Å². The quantitative estimate of drug-likeness (QED) is 0.835. The number of rotatable bonds is 5. The zero-order valence-corrected chi connectivity index (χ0v) is 14.7. The Morgan fingerprint density at radius 3 is 2.08 bits per heavy atom. The summed E-state index contributed by atoms with van der Waals surface area (Å²) in [5.74, 6) is -0.402. The van der Waals surface area contributed by atoms with Crippen molar-refractivity contribution in [2.24, 2.45) is 0 Å². The lowest BCUT2D eigenvalue weighted by atomic mass is 10.1. The standard InChI is InChI=1S/C20H23NO4/c1-20(2,3)25-19(23)24-17(16-12-8-5-9-13-16)18(22)21-14-15-10-6-4-7-11-15/h4-13,17H,14H2,1-3H3,(H,21,22). The highest BCUT2D eigenvalue weighted by atomic mass is 16.7. The number of amides is 1. The molecular weight excluding hydrogens is 318 g/mol. The molecule has 5 heteroatoms. The average molecular weight is 341 g/mol. The van der Waals surface area contributed by atoms with Gasteiger partial charge in [0.1, 0.15) is 5.60 Å². The van der Waals surface area contributed by atoms with Gasteiger partial charge in [-0.05, 0) is 26.3 Å². The van der Waals surface area contributed by atoms with Gasteiger partial charge in [0.15, 0.2) is 0 Å². The first-order chi connectivity index (χ1) is 11.8. The lowest BCUT2D eigenvalue weighted by Crippen LogP contribution is -2.33. The maximum atomic E-state index is 12.6. The third-order valence-electron chi connectivity index (χ3n) is 3.25. The maximum absolute atomic E-state index is 12.6. The van der Waals surface area contributed by atoms with Crippen LogP contribution in [0.1, 0.15) is 38.0 Å². The summed E-state index contributed by atoms with van der Waals surface area (Å²) in [7, 11) is 0. The van der Waals surface area contributed by atoms with E-state index in [-0.39, 0.29) is 0 Å². The molecule has 5 nitrogen and oxygen atoms in total. The average Bonchev–Trinajstić information content (AvgIpc) is 2.58. The monoisotopic (exact) mass is 341 g/mol. The Balaban J connectivity index is 2.08. The highest BCUT2D eigenvalue weighted by Crippen LogP contribution is 2.20. The molecule has 0 spiro atoms. The van der Waals surface area contributed by atoms with Crippen LogP contribution in [-0.4, -0.2) is 17.7 Å². The summed E-state index contributed by atoms with van der Waals surface area (Å²) in [6.45, 7) is 5.56. The normalized spacial score (nSPS) is 12.1. The molecule has 1 N–H and O–H groups in total. The third kappa shape index (κ3) is 6.30. The van der Waals surface area contributed by atoms with Crippen molar-refractivity contribution in [1.82, 2.24) is 5.32 Å². The van der Waals surface area contributed by atoms with Gasteiger partial charge in [-0.3, -0.25) is 4.79 Å². The fourth-order valence-electron chi connectivity index (χ4n) is 2.15. The van der Waals surface area contributed by atoms with E-state index < -0.39 is 23.8 Å². The van der Waals surface area contributed by atoms with Crippen molar-refractivity contribution >= 4 is 12.1 Å². The van der Waals surface area contributed by atoms with Crippen LogP contribution in [0.4, 0.5) is 4.79 Å². The molecule has 0 saturated carbocycles. The molecule has 0 bridgehead atoms. The van der Waals surface area contributed by atoms with Crippen molar-refractivity contribution in [3.8, 4) is 0 Å². The summed E-state index contributed by atoms with van der Waals surface area (Å²) < 4.78 is 10.5. The van der Waals surface area contributed by atoms with Crippen LogP contribution in [-0.2, 0) is 20.8 Å². The van der Waals surface area contributed by atoms with Gasteiger partial charge in [-0.2, -0.15) is 0 Å². The fourth-order valence-corrected chi connectivity index (χ4v) is 2.15. The van der Waals surface area contributed by atoms with Crippen molar-refractivity contribution in [2.75, 3.05) is 0 Å². The molecule has 1 atom stereocenters. The van der Waals surface area contributed by atoms with E-state index in [1.54, 1.807) is 45.0 Å². The molecule has 132 valence electrons. The molecule has 25 heavy (non-hydrogen) atoms. The zero-order chi connectivity index (χ0) is 18.3. The number of nitrogens with one attached hydrogen (secondary N) is 1. The fraction of sp³-hybridized carbons (Fsp3) is 0.300. The van der Waals surface area contributed by atoms with Gasteiger partial charge in [0.05, 0.1) is 0 Å². The van der Waals surface area contributed by atoms with Crippen molar-refractivity contribution in [1.29, 1.82) is 0 Å². The first kappa shape index (κ1) is 18.5. The summed E-state index contributed by atoms with van der Waals surface area (Å²) in [4.78, 5) is 24.6. The number of benzene rings is 2. The summed E-state index contributed by atoms with van der Waals surface area (Å²) in [5.41, 5.74) is 0.845. The van der Waals surface area contributed by atoms with Crippen molar-refractivity contribution in [2.45, 2.75) is 39.0 Å². The number of carbonyl (C=O) groups excluding carboxylic acids is 2. The summed E-state index contributed by atoms with van der Waals surface area (Å²) in [6, 6.07) is 18.4. The number of hydrogen-bond donors (Lipinski definition) is 1. The minimum Gasteiger partial charge on any atom is -0.429 e. The Hall–Kier alpha value is -2.82. The number of carbonyl (C=O) groups is 2. The molecule has 1 amide bonds. The molecule has 2 aromatic carbocycles. The van der Waals surface area contributed by atoms with Gasteiger partial charge in [-0.1, -0.05) is 60.7 Å². The van der Waals surface area contributed by atoms with E-state index >= 15 is 0 Å². The van der Waals surface area contributed by atoms with E-state index in [1.165, 1.54) is 0 Å². The second-order valence-corrected chi connectivity index (χ2v) is 6.58. The van der Waals surface area contributed by atoms with Gasteiger partial charge in [0, 0.05) is 12.1 Å². The van der Waals surface area contributed by atoms with Crippen LogP contribution in [0.25, 0.3) is 0 Å². The predicted molar refractivity (Wildman–Crippen MR) is 94.8 cm³/mol. The lowest BCUT2D eigenvalue weighted by molar-refractivity contribution is -0.132. The Morgan fingerprint density at radius 2 is 1.52 bits per heavy atom. The highest BCUT2D eigenvalue weighted by molar-refractivity contribution is 5.84. The van der Waals surface area contributed by atoms with Crippen LogP contribution in [0.3, 0.4) is 0 Å². The highest BCUT2D eigenvalue weighted by Gasteiger charge is 2.27. The zero-order valence-electron chi connectivity index (χ0n) is 14.7. The minimum atomic E-state index is -1.07. The van der Waals surface area contributed by atoms with Gasteiger partial charge in [0.2, 0.25) is 6.10 Å². The van der Waals surface area contributed by atoms with E-state index in [0.29, 0.717) is 12.1 Å². The second-order valence-electron chi connectivity index (χ2n) is 6.58. The molecule has 0 saturated heterocycles. The van der Waals surface area contributed by atoms with Gasteiger partial charge >= 0.3 is 6.16 Å².